The van der Waals surface area contributed by atoms with Crippen LogP contribution in [-0.2, 0) is 20.7 Å². The Morgan fingerprint density at radius 3 is 2.58 bits per heavy atom. The number of thiazole rings is 1. The molecule has 3 rings (SSSR count). The highest BCUT2D eigenvalue weighted by molar-refractivity contribution is 7.16. The molecule has 0 spiro atoms. The SMILES string of the molecule is COC(=O)c1nc(NC(=O)CCN2C=Cc3cc(OC)c(OC)cc3CC2=O)sc1C. The van der Waals surface area contributed by atoms with Crippen molar-refractivity contribution in [2.75, 3.05) is 33.2 Å². The summed E-state index contributed by atoms with van der Waals surface area (Å²) in [4.78, 5) is 42.9. The molecule has 9 nitrogen and oxygen atoms in total. The zero-order chi connectivity index (χ0) is 22.5. The average Bonchev–Trinajstić information content (AvgIpc) is 3.04. The van der Waals surface area contributed by atoms with E-state index in [1.165, 1.54) is 23.3 Å². The van der Waals surface area contributed by atoms with Gasteiger partial charge in [0.1, 0.15) is 0 Å². The van der Waals surface area contributed by atoms with Crippen LogP contribution >= 0.6 is 11.3 Å². The van der Waals surface area contributed by atoms with Crippen molar-refractivity contribution >= 4 is 40.3 Å². The lowest BCUT2D eigenvalue weighted by molar-refractivity contribution is -0.128. The van der Waals surface area contributed by atoms with E-state index in [4.69, 9.17) is 9.47 Å². The van der Waals surface area contributed by atoms with Gasteiger partial charge in [-0.3, -0.25) is 9.59 Å². The molecular weight excluding hydrogens is 422 g/mol. The summed E-state index contributed by atoms with van der Waals surface area (Å²) in [6, 6.07) is 3.61. The summed E-state index contributed by atoms with van der Waals surface area (Å²) in [5, 5.41) is 2.98. The lowest BCUT2D eigenvalue weighted by Crippen LogP contribution is -2.29. The third-order valence-electron chi connectivity index (χ3n) is 4.74. The first-order chi connectivity index (χ1) is 14.9. The zero-order valence-corrected chi connectivity index (χ0v) is 18.5. The number of nitrogens with one attached hydrogen (secondary N) is 1. The molecule has 1 N–H and O–H groups in total. The number of carbonyl (C=O) groups is 3. The van der Waals surface area contributed by atoms with Gasteiger partial charge in [0.05, 0.1) is 27.8 Å². The Balaban J connectivity index is 1.63. The topological polar surface area (TPSA) is 107 Å². The molecule has 2 aromatic rings. The molecule has 2 heterocycles. The molecule has 0 saturated heterocycles. The molecule has 0 radical (unpaired) electrons. The fraction of sp³-hybridized carbons (Fsp3) is 0.333. The second-order valence-electron chi connectivity index (χ2n) is 6.70. The molecule has 1 aromatic heterocycles. The average molecular weight is 445 g/mol. The van der Waals surface area contributed by atoms with E-state index in [0.29, 0.717) is 21.5 Å². The molecule has 0 atom stereocenters. The summed E-state index contributed by atoms with van der Waals surface area (Å²) in [7, 11) is 4.37. The molecule has 1 aliphatic rings. The molecule has 0 saturated carbocycles. The van der Waals surface area contributed by atoms with Crippen molar-refractivity contribution in [1.82, 2.24) is 9.88 Å². The van der Waals surface area contributed by atoms with E-state index in [2.05, 4.69) is 15.0 Å². The third kappa shape index (κ3) is 5.02. The van der Waals surface area contributed by atoms with Gasteiger partial charge in [0.15, 0.2) is 22.3 Å². The van der Waals surface area contributed by atoms with E-state index in [-0.39, 0.29) is 36.9 Å². The molecule has 0 aliphatic carbocycles. The van der Waals surface area contributed by atoms with Crippen LogP contribution in [0.25, 0.3) is 6.08 Å². The van der Waals surface area contributed by atoms with Gasteiger partial charge in [0, 0.05) is 24.0 Å². The Morgan fingerprint density at radius 2 is 1.90 bits per heavy atom. The molecule has 10 heteroatoms. The number of fused-ring (bicyclic) bond motifs is 1. The van der Waals surface area contributed by atoms with Gasteiger partial charge in [-0.2, -0.15) is 0 Å². The number of esters is 1. The Morgan fingerprint density at radius 1 is 1.19 bits per heavy atom. The number of ether oxygens (including phenoxy) is 3. The largest absolute Gasteiger partial charge is 0.493 e. The van der Waals surface area contributed by atoms with Gasteiger partial charge in [-0.25, -0.2) is 9.78 Å². The quantitative estimate of drug-likeness (QED) is 0.653. The summed E-state index contributed by atoms with van der Waals surface area (Å²) in [5.74, 6) is 0.142. The van der Waals surface area contributed by atoms with E-state index >= 15 is 0 Å². The summed E-state index contributed by atoms with van der Waals surface area (Å²) >= 11 is 1.19. The van der Waals surface area contributed by atoms with Crippen molar-refractivity contribution in [3.8, 4) is 11.5 Å². The van der Waals surface area contributed by atoms with E-state index in [9.17, 15) is 14.4 Å². The molecule has 0 fully saturated rings. The van der Waals surface area contributed by atoms with Gasteiger partial charge in [-0.15, -0.1) is 11.3 Å². The normalized spacial score (nSPS) is 12.8. The lowest BCUT2D eigenvalue weighted by atomic mass is 10.0. The number of aromatic nitrogens is 1. The Kier molecular flexibility index (Phi) is 6.91. The molecule has 0 bridgehead atoms. The van der Waals surface area contributed by atoms with Crippen LogP contribution in [0.3, 0.4) is 0 Å². The number of aryl methyl sites for hydroxylation is 1. The fourth-order valence-corrected chi connectivity index (χ4v) is 3.92. The number of anilines is 1. The van der Waals surface area contributed by atoms with E-state index in [1.54, 1.807) is 33.4 Å². The van der Waals surface area contributed by atoms with E-state index in [0.717, 1.165) is 11.1 Å². The number of rotatable bonds is 7. The summed E-state index contributed by atoms with van der Waals surface area (Å²) in [6.07, 6.45) is 3.73. The first kappa shape index (κ1) is 22.3. The predicted octanol–water partition coefficient (Wildman–Crippen LogP) is 2.64. The number of carbonyl (C=O) groups excluding carboxylic acids is 3. The maximum absolute atomic E-state index is 12.7. The molecule has 0 unspecified atom stereocenters. The number of nitrogens with zero attached hydrogens (tertiary/aromatic N) is 2. The minimum absolute atomic E-state index is 0.0747. The van der Waals surface area contributed by atoms with Crippen LogP contribution in [0.5, 0.6) is 11.5 Å². The first-order valence-corrected chi connectivity index (χ1v) is 10.3. The van der Waals surface area contributed by atoms with Crippen molar-refractivity contribution in [3.63, 3.8) is 0 Å². The fourth-order valence-electron chi connectivity index (χ4n) is 3.10. The van der Waals surface area contributed by atoms with Crippen LogP contribution in [0, 0.1) is 6.92 Å². The van der Waals surface area contributed by atoms with Gasteiger partial charge >= 0.3 is 5.97 Å². The minimum atomic E-state index is -0.553. The highest BCUT2D eigenvalue weighted by Crippen LogP contribution is 2.32. The van der Waals surface area contributed by atoms with Crippen LogP contribution in [0.1, 0.15) is 32.9 Å². The lowest BCUT2D eigenvalue weighted by Gasteiger charge is -2.16. The number of benzene rings is 1. The van der Waals surface area contributed by atoms with Crippen LogP contribution in [0.2, 0.25) is 0 Å². The monoisotopic (exact) mass is 445 g/mol. The van der Waals surface area contributed by atoms with Crippen molar-refractivity contribution in [2.24, 2.45) is 0 Å². The van der Waals surface area contributed by atoms with E-state index < -0.39 is 5.97 Å². The summed E-state index contributed by atoms with van der Waals surface area (Å²) in [6.45, 7) is 1.93. The molecule has 1 aliphatic heterocycles. The number of methoxy groups -OCH3 is 3. The number of hydrogen-bond acceptors (Lipinski definition) is 8. The van der Waals surface area contributed by atoms with Crippen LogP contribution < -0.4 is 14.8 Å². The van der Waals surface area contributed by atoms with Crippen molar-refractivity contribution in [1.29, 1.82) is 0 Å². The highest BCUT2D eigenvalue weighted by Gasteiger charge is 2.21. The maximum Gasteiger partial charge on any atom is 0.357 e. The molecule has 164 valence electrons. The van der Waals surface area contributed by atoms with E-state index in [1.807, 2.05) is 12.1 Å². The van der Waals surface area contributed by atoms with Crippen molar-refractivity contribution < 1.29 is 28.6 Å². The highest BCUT2D eigenvalue weighted by atomic mass is 32.1. The standard InChI is InChI=1S/C21H23N3O6S/c1-12-19(20(27)30-4)23-21(31-12)22-17(25)6-8-24-7-5-13-9-15(28-2)16(29-3)10-14(13)11-18(24)26/h5,7,9-10H,6,8,11H2,1-4H3,(H,22,23,25). The third-order valence-corrected chi connectivity index (χ3v) is 5.63. The Bertz CT molecular complexity index is 1050. The number of hydrogen-bond donors (Lipinski definition) is 1. The number of amides is 2. The van der Waals surface area contributed by atoms with Crippen molar-refractivity contribution in [3.05, 3.63) is 40.0 Å². The predicted molar refractivity (Wildman–Crippen MR) is 115 cm³/mol. The summed E-state index contributed by atoms with van der Waals surface area (Å²) < 4.78 is 15.3. The Labute approximate surface area is 183 Å². The second kappa shape index (κ2) is 9.61. The van der Waals surface area contributed by atoms with Gasteiger partial charge in [0.25, 0.3) is 0 Å². The van der Waals surface area contributed by atoms with Gasteiger partial charge in [0.2, 0.25) is 11.8 Å². The molecule has 1 aromatic carbocycles. The molecular formula is C21H23N3O6S. The zero-order valence-electron chi connectivity index (χ0n) is 17.7. The van der Waals surface area contributed by atoms with Crippen LogP contribution in [-0.4, -0.2) is 55.5 Å². The summed E-state index contributed by atoms with van der Waals surface area (Å²) in [5.41, 5.74) is 1.85. The first-order valence-electron chi connectivity index (χ1n) is 9.44. The van der Waals surface area contributed by atoms with Gasteiger partial charge < -0.3 is 24.4 Å². The van der Waals surface area contributed by atoms with Gasteiger partial charge in [-0.1, -0.05) is 0 Å². The molecule has 2 amide bonds. The van der Waals surface area contributed by atoms with Crippen LogP contribution in [0.15, 0.2) is 18.3 Å². The Hall–Kier alpha value is -3.40. The minimum Gasteiger partial charge on any atom is -0.493 e. The second-order valence-corrected chi connectivity index (χ2v) is 7.90. The van der Waals surface area contributed by atoms with Crippen LogP contribution in [0.4, 0.5) is 5.13 Å². The molecule has 31 heavy (non-hydrogen) atoms. The maximum atomic E-state index is 12.7. The smallest absolute Gasteiger partial charge is 0.357 e. The van der Waals surface area contributed by atoms with Gasteiger partial charge in [-0.05, 0) is 36.3 Å². The van der Waals surface area contributed by atoms with Crippen molar-refractivity contribution in [2.45, 2.75) is 19.8 Å².